The van der Waals surface area contributed by atoms with Crippen LogP contribution in [0.5, 0.6) is 0 Å². The number of carbonyl (C=O) groups is 2. The van der Waals surface area contributed by atoms with E-state index in [0.717, 1.165) is 19.3 Å². The normalized spacial score (nSPS) is 23.1. The highest BCUT2D eigenvalue weighted by atomic mass is 16.5. The van der Waals surface area contributed by atoms with E-state index >= 15 is 0 Å². The number of hydrogen-bond acceptors (Lipinski definition) is 3. The number of ether oxygens (including phenoxy) is 1. The molecule has 0 saturated carbocycles. The molecule has 1 aromatic rings. The van der Waals surface area contributed by atoms with Gasteiger partial charge in [-0.25, -0.2) is 0 Å². The zero-order valence-corrected chi connectivity index (χ0v) is 12.1. The number of rotatable bonds is 2. The van der Waals surface area contributed by atoms with E-state index in [1.807, 2.05) is 9.80 Å². The first-order chi connectivity index (χ1) is 10.3. The van der Waals surface area contributed by atoms with Crippen molar-refractivity contribution in [3.63, 3.8) is 0 Å². The number of nitrogens with zero attached hydrogens (tertiary/aromatic N) is 2. The molecule has 1 aromatic heterocycles. The molecule has 6 heteroatoms. The summed E-state index contributed by atoms with van der Waals surface area (Å²) in [6.45, 7) is 3.26. The molecule has 1 unspecified atom stereocenters. The fourth-order valence-electron chi connectivity index (χ4n) is 2.96. The molecule has 6 nitrogen and oxygen atoms in total. The van der Waals surface area contributed by atoms with Crippen LogP contribution in [0.4, 0.5) is 0 Å². The van der Waals surface area contributed by atoms with Crippen LogP contribution in [-0.4, -0.2) is 65.5 Å². The molecule has 2 saturated heterocycles. The van der Waals surface area contributed by atoms with Gasteiger partial charge in [0.15, 0.2) is 0 Å². The van der Waals surface area contributed by atoms with Crippen LogP contribution in [0.1, 0.15) is 29.6 Å². The second-order valence-electron chi connectivity index (χ2n) is 5.57. The van der Waals surface area contributed by atoms with Gasteiger partial charge in [-0.05, 0) is 25.3 Å². The van der Waals surface area contributed by atoms with E-state index in [0.29, 0.717) is 38.3 Å². The molecule has 21 heavy (non-hydrogen) atoms. The molecular weight excluding hydrogens is 270 g/mol. The summed E-state index contributed by atoms with van der Waals surface area (Å²) >= 11 is 0. The van der Waals surface area contributed by atoms with Crippen molar-refractivity contribution in [1.82, 2.24) is 14.8 Å². The van der Waals surface area contributed by atoms with Gasteiger partial charge in [0.2, 0.25) is 0 Å². The number of aromatic amines is 1. The maximum absolute atomic E-state index is 12.4. The van der Waals surface area contributed by atoms with Gasteiger partial charge in [-0.15, -0.1) is 0 Å². The van der Waals surface area contributed by atoms with Gasteiger partial charge in [-0.2, -0.15) is 0 Å². The first-order valence-corrected chi connectivity index (χ1v) is 7.58. The van der Waals surface area contributed by atoms with Crippen LogP contribution in [0.3, 0.4) is 0 Å². The molecule has 1 N–H and O–H groups in total. The average Bonchev–Trinajstić information content (AvgIpc) is 3.15. The van der Waals surface area contributed by atoms with E-state index in [2.05, 4.69) is 4.98 Å². The minimum absolute atomic E-state index is 0.0302. The van der Waals surface area contributed by atoms with Crippen LogP contribution in [0.15, 0.2) is 18.5 Å². The number of hydrogen-bond donors (Lipinski definition) is 1. The molecule has 2 fully saturated rings. The van der Waals surface area contributed by atoms with Crippen LogP contribution in [-0.2, 0) is 9.53 Å². The van der Waals surface area contributed by atoms with Crippen molar-refractivity contribution in [2.75, 3.05) is 32.8 Å². The maximum Gasteiger partial charge on any atom is 0.255 e. The molecule has 3 heterocycles. The highest BCUT2D eigenvalue weighted by Gasteiger charge is 2.30. The van der Waals surface area contributed by atoms with Crippen LogP contribution >= 0.6 is 0 Å². The Balaban J connectivity index is 1.59. The summed E-state index contributed by atoms with van der Waals surface area (Å²) in [6.07, 6.45) is 5.79. The summed E-state index contributed by atoms with van der Waals surface area (Å²) in [6, 6.07) is 1.78. The molecule has 3 rings (SSSR count). The maximum atomic E-state index is 12.4. The Hall–Kier alpha value is -1.82. The van der Waals surface area contributed by atoms with Crippen molar-refractivity contribution in [2.24, 2.45) is 0 Å². The van der Waals surface area contributed by atoms with Crippen LogP contribution in [0.25, 0.3) is 0 Å². The van der Waals surface area contributed by atoms with Gasteiger partial charge in [-0.1, -0.05) is 0 Å². The Morgan fingerprint density at radius 3 is 2.67 bits per heavy atom. The van der Waals surface area contributed by atoms with Gasteiger partial charge in [0.1, 0.15) is 6.10 Å². The highest BCUT2D eigenvalue weighted by Crippen LogP contribution is 2.16. The third kappa shape index (κ3) is 3.10. The molecule has 2 aliphatic heterocycles. The van der Waals surface area contributed by atoms with Crippen molar-refractivity contribution >= 4 is 11.8 Å². The smallest absolute Gasteiger partial charge is 0.255 e. The topological polar surface area (TPSA) is 65.6 Å². The zero-order chi connectivity index (χ0) is 14.7. The Kier molecular flexibility index (Phi) is 4.24. The Labute approximate surface area is 124 Å². The second kappa shape index (κ2) is 6.30. The van der Waals surface area contributed by atoms with E-state index in [9.17, 15) is 9.59 Å². The summed E-state index contributed by atoms with van der Waals surface area (Å²) in [5, 5.41) is 0. The fraction of sp³-hybridized carbons (Fsp3) is 0.600. The first-order valence-electron chi connectivity index (χ1n) is 7.58. The first kappa shape index (κ1) is 14.1. The summed E-state index contributed by atoms with van der Waals surface area (Å²) in [5.74, 6) is 0.117. The minimum Gasteiger partial charge on any atom is -0.368 e. The lowest BCUT2D eigenvalue weighted by Crippen LogP contribution is -2.41. The monoisotopic (exact) mass is 291 g/mol. The van der Waals surface area contributed by atoms with Gasteiger partial charge in [-0.3, -0.25) is 9.59 Å². The molecule has 1 atom stereocenters. The van der Waals surface area contributed by atoms with Crippen molar-refractivity contribution in [1.29, 1.82) is 0 Å². The number of carbonyl (C=O) groups excluding carboxylic acids is 2. The molecular formula is C15H21N3O3. The zero-order valence-electron chi connectivity index (χ0n) is 12.1. The molecule has 114 valence electrons. The van der Waals surface area contributed by atoms with Crippen LogP contribution < -0.4 is 0 Å². The molecule has 0 radical (unpaired) electrons. The standard InChI is InChI=1S/C15H21N3O3/c19-14(12-4-5-16-11-12)17-6-2-7-18(9-8-17)15(20)13-3-1-10-21-13/h4-5,11,13,16H,1-3,6-10H2. The van der Waals surface area contributed by atoms with E-state index in [-0.39, 0.29) is 17.9 Å². The second-order valence-corrected chi connectivity index (χ2v) is 5.57. The van der Waals surface area contributed by atoms with Crippen LogP contribution in [0.2, 0.25) is 0 Å². The summed E-state index contributed by atoms with van der Waals surface area (Å²) in [5.41, 5.74) is 0.675. The van der Waals surface area contributed by atoms with Gasteiger partial charge < -0.3 is 19.5 Å². The van der Waals surface area contributed by atoms with Gasteiger partial charge in [0.05, 0.1) is 5.56 Å². The number of nitrogens with one attached hydrogen (secondary N) is 1. The molecule has 0 aliphatic carbocycles. The predicted molar refractivity (Wildman–Crippen MR) is 76.9 cm³/mol. The number of aromatic nitrogens is 1. The quantitative estimate of drug-likeness (QED) is 0.879. The summed E-state index contributed by atoms with van der Waals surface area (Å²) in [4.78, 5) is 31.2. The molecule has 2 aliphatic rings. The van der Waals surface area contributed by atoms with E-state index < -0.39 is 0 Å². The van der Waals surface area contributed by atoms with Gasteiger partial charge >= 0.3 is 0 Å². The van der Waals surface area contributed by atoms with Crippen molar-refractivity contribution in [2.45, 2.75) is 25.4 Å². The average molecular weight is 291 g/mol. The van der Waals surface area contributed by atoms with Gasteiger partial charge in [0.25, 0.3) is 11.8 Å². The van der Waals surface area contributed by atoms with E-state index in [1.54, 1.807) is 18.5 Å². The third-order valence-corrected chi connectivity index (χ3v) is 4.14. The molecule has 2 amide bonds. The Morgan fingerprint density at radius 2 is 1.95 bits per heavy atom. The largest absolute Gasteiger partial charge is 0.368 e. The Bertz CT molecular complexity index is 494. The minimum atomic E-state index is -0.267. The number of H-pyrrole nitrogens is 1. The number of amides is 2. The molecule has 0 aromatic carbocycles. The SMILES string of the molecule is O=C(c1cc[nH]c1)N1CCCN(C(=O)C2CCCO2)CC1. The molecule has 0 spiro atoms. The van der Waals surface area contributed by atoms with E-state index in [4.69, 9.17) is 4.74 Å². The summed E-state index contributed by atoms with van der Waals surface area (Å²) in [7, 11) is 0. The van der Waals surface area contributed by atoms with Crippen molar-refractivity contribution in [3.05, 3.63) is 24.0 Å². The highest BCUT2D eigenvalue weighted by molar-refractivity contribution is 5.94. The third-order valence-electron chi connectivity index (χ3n) is 4.14. The fourth-order valence-corrected chi connectivity index (χ4v) is 2.96. The summed E-state index contributed by atoms with van der Waals surface area (Å²) < 4.78 is 5.47. The lowest BCUT2D eigenvalue weighted by molar-refractivity contribution is -0.140. The van der Waals surface area contributed by atoms with Crippen molar-refractivity contribution < 1.29 is 14.3 Å². The Morgan fingerprint density at radius 1 is 1.14 bits per heavy atom. The lowest BCUT2D eigenvalue weighted by Gasteiger charge is -2.24. The van der Waals surface area contributed by atoms with Crippen LogP contribution in [0, 0.1) is 0 Å². The van der Waals surface area contributed by atoms with Crippen molar-refractivity contribution in [3.8, 4) is 0 Å². The molecule has 0 bridgehead atoms. The predicted octanol–water partition coefficient (Wildman–Crippen LogP) is 0.868. The lowest BCUT2D eigenvalue weighted by atomic mass is 10.2. The van der Waals surface area contributed by atoms with Gasteiger partial charge in [0, 0.05) is 45.2 Å². The van der Waals surface area contributed by atoms with E-state index in [1.165, 1.54) is 0 Å².